The maximum atomic E-state index is 12.6. The quantitative estimate of drug-likeness (QED) is 0.787. The number of likely N-dealkylation sites (tertiary alicyclic amines) is 1. The number of hydrogen-bond donors (Lipinski definition) is 1. The van der Waals surface area contributed by atoms with E-state index in [1.54, 1.807) is 12.0 Å². The van der Waals surface area contributed by atoms with Gasteiger partial charge in [-0.2, -0.15) is 13.2 Å². The number of thiocarbonyl (C=S) groups is 1. The molecule has 3 nitrogen and oxygen atoms in total. The van der Waals surface area contributed by atoms with Gasteiger partial charge < -0.3 is 15.4 Å². The zero-order valence-electron chi connectivity index (χ0n) is 9.67. The summed E-state index contributed by atoms with van der Waals surface area (Å²) < 4.78 is 43.1. The van der Waals surface area contributed by atoms with E-state index < -0.39 is 17.1 Å². The molecule has 2 N–H and O–H groups in total. The molecule has 0 aliphatic carbocycles. The van der Waals surface area contributed by atoms with Crippen LogP contribution in [0.2, 0.25) is 0 Å². The molecule has 0 aromatic carbocycles. The number of nitrogens with two attached hydrogens (primary N) is 1. The Labute approximate surface area is 104 Å². The lowest BCUT2D eigenvalue weighted by atomic mass is 10.0. The minimum absolute atomic E-state index is 0.144. The molecule has 1 rings (SSSR count). The second-order valence-corrected chi connectivity index (χ2v) is 4.70. The van der Waals surface area contributed by atoms with E-state index in [1.807, 2.05) is 0 Å². The highest BCUT2D eigenvalue weighted by Crippen LogP contribution is 2.28. The molecule has 1 unspecified atom stereocenters. The molecule has 1 heterocycles. The highest BCUT2D eigenvalue weighted by atomic mass is 32.1. The Kier molecular flexibility index (Phi) is 5.15. The zero-order chi connectivity index (χ0) is 13.1. The van der Waals surface area contributed by atoms with Crippen molar-refractivity contribution in [3.8, 4) is 0 Å². The number of ether oxygens (including phenoxy) is 1. The van der Waals surface area contributed by atoms with E-state index in [2.05, 4.69) is 12.2 Å². The van der Waals surface area contributed by atoms with Crippen LogP contribution in [0.1, 0.15) is 12.8 Å². The van der Waals surface area contributed by atoms with Gasteiger partial charge in [0.05, 0.1) is 11.1 Å². The highest BCUT2D eigenvalue weighted by molar-refractivity contribution is 7.80. The molecule has 1 aliphatic rings. The molecule has 1 aliphatic heterocycles. The number of piperidine rings is 1. The first-order valence-corrected chi connectivity index (χ1v) is 5.86. The van der Waals surface area contributed by atoms with E-state index in [0.29, 0.717) is 13.1 Å². The molecule has 17 heavy (non-hydrogen) atoms. The lowest BCUT2D eigenvalue weighted by molar-refractivity contribution is -0.160. The molecule has 0 aromatic heterocycles. The second kappa shape index (κ2) is 5.97. The van der Waals surface area contributed by atoms with Gasteiger partial charge in [-0.25, -0.2) is 0 Å². The summed E-state index contributed by atoms with van der Waals surface area (Å²) in [5.74, 6) is -1.71. The molecule has 0 bridgehead atoms. The van der Waals surface area contributed by atoms with Crippen LogP contribution in [0.25, 0.3) is 0 Å². The first-order valence-electron chi connectivity index (χ1n) is 5.45. The van der Waals surface area contributed by atoms with Crippen molar-refractivity contribution >= 4 is 17.2 Å². The Balaban J connectivity index is 2.50. The SMILES string of the molecule is COC1CCN(CC(C(N)=S)C(F)(F)F)CC1. The Morgan fingerprint density at radius 2 is 2.00 bits per heavy atom. The van der Waals surface area contributed by atoms with E-state index >= 15 is 0 Å². The fourth-order valence-corrected chi connectivity index (χ4v) is 2.15. The summed E-state index contributed by atoms with van der Waals surface area (Å²) >= 11 is 4.49. The minimum atomic E-state index is -4.36. The number of hydrogen-bond acceptors (Lipinski definition) is 3. The standard InChI is InChI=1S/C10H17F3N2OS/c1-16-7-2-4-15(5-3-7)6-8(9(14)17)10(11,12)13/h7-8H,2-6H2,1H3,(H2,14,17). The fraction of sp³-hybridized carbons (Fsp3) is 0.900. The normalized spacial score (nSPS) is 21.4. The van der Waals surface area contributed by atoms with Gasteiger partial charge in [-0.15, -0.1) is 0 Å². The summed E-state index contributed by atoms with van der Waals surface area (Å²) in [5, 5.41) is 0. The molecule has 0 amide bonds. The van der Waals surface area contributed by atoms with E-state index in [0.717, 1.165) is 12.8 Å². The Bertz CT molecular complexity index is 265. The average molecular weight is 270 g/mol. The number of rotatable bonds is 4. The third-order valence-corrected chi connectivity index (χ3v) is 3.33. The Morgan fingerprint density at radius 3 is 2.35 bits per heavy atom. The van der Waals surface area contributed by atoms with Gasteiger partial charge >= 0.3 is 6.18 Å². The first-order chi connectivity index (χ1) is 7.84. The summed E-state index contributed by atoms with van der Waals surface area (Å²) in [6.07, 6.45) is -2.71. The van der Waals surface area contributed by atoms with E-state index in [-0.39, 0.29) is 12.6 Å². The smallest absolute Gasteiger partial charge is 0.393 e. The predicted octanol–water partition coefficient (Wildman–Crippen LogP) is 1.56. The second-order valence-electron chi connectivity index (χ2n) is 4.23. The third-order valence-electron chi connectivity index (χ3n) is 3.05. The topological polar surface area (TPSA) is 38.5 Å². The van der Waals surface area contributed by atoms with Crippen molar-refractivity contribution in [1.82, 2.24) is 4.90 Å². The van der Waals surface area contributed by atoms with Crippen LogP contribution in [0.4, 0.5) is 13.2 Å². The molecule has 0 radical (unpaired) electrons. The molecule has 0 saturated carbocycles. The summed E-state index contributed by atoms with van der Waals surface area (Å²) in [5.41, 5.74) is 5.15. The predicted molar refractivity (Wildman–Crippen MR) is 62.8 cm³/mol. The van der Waals surface area contributed by atoms with Crippen LogP contribution >= 0.6 is 12.2 Å². The van der Waals surface area contributed by atoms with Gasteiger partial charge in [-0.3, -0.25) is 0 Å². The van der Waals surface area contributed by atoms with Crippen LogP contribution in [0.15, 0.2) is 0 Å². The zero-order valence-corrected chi connectivity index (χ0v) is 10.5. The summed E-state index contributed by atoms with van der Waals surface area (Å²) in [4.78, 5) is 1.26. The monoisotopic (exact) mass is 270 g/mol. The van der Waals surface area contributed by atoms with Gasteiger partial charge in [0.2, 0.25) is 0 Å². The van der Waals surface area contributed by atoms with E-state index in [4.69, 9.17) is 10.5 Å². The molecule has 1 saturated heterocycles. The van der Waals surface area contributed by atoms with Crippen molar-refractivity contribution in [1.29, 1.82) is 0 Å². The van der Waals surface area contributed by atoms with Crippen LogP contribution in [0.5, 0.6) is 0 Å². The summed E-state index contributed by atoms with van der Waals surface area (Å²) in [6.45, 7) is 1.04. The van der Waals surface area contributed by atoms with Crippen LogP contribution < -0.4 is 5.73 Å². The first kappa shape index (κ1) is 14.7. The highest BCUT2D eigenvalue weighted by Gasteiger charge is 2.42. The lowest BCUT2D eigenvalue weighted by Gasteiger charge is -2.33. The maximum absolute atomic E-state index is 12.6. The number of halogens is 3. The van der Waals surface area contributed by atoms with Crippen molar-refractivity contribution in [3.05, 3.63) is 0 Å². The van der Waals surface area contributed by atoms with Gasteiger partial charge in [-0.05, 0) is 12.8 Å². The lowest BCUT2D eigenvalue weighted by Crippen LogP contribution is -2.46. The van der Waals surface area contributed by atoms with E-state index in [9.17, 15) is 13.2 Å². The molecular formula is C10H17F3N2OS. The van der Waals surface area contributed by atoms with Gasteiger partial charge in [0.15, 0.2) is 0 Å². The van der Waals surface area contributed by atoms with Gasteiger partial charge in [0.25, 0.3) is 0 Å². The third kappa shape index (κ3) is 4.40. The molecule has 1 atom stereocenters. The number of nitrogens with zero attached hydrogens (tertiary/aromatic N) is 1. The fourth-order valence-electron chi connectivity index (χ4n) is 1.94. The van der Waals surface area contributed by atoms with Crippen molar-refractivity contribution in [2.45, 2.75) is 25.1 Å². The molecule has 0 spiro atoms. The minimum Gasteiger partial charge on any atom is -0.393 e. The van der Waals surface area contributed by atoms with Gasteiger partial charge in [-0.1, -0.05) is 12.2 Å². The molecular weight excluding hydrogens is 253 g/mol. The van der Waals surface area contributed by atoms with Crippen LogP contribution in [0.3, 0.4) is 0 Å². The van der Waals surface area contributed by atoms with Crippen molar-refractivity contribution in [2.24, 2.45) is 11.7 Å². The Hall–Kier alpha value is -0.400. The van der Waals surface area contributed by atoms with Gasteiger partial charge in [0.1, 0.15) is 5.92 Å². The van der Waals surface area contributed by atoms with Gasteiger partial charge in [0, 0.05) is 26.7 Å². The summed E-state index contributed by atoms with van der Waals surface area (Å²) in [7, 11) is 1.62. The van der Waals surface area contributed by atoms with Crippen molar-refractivity contribution in [2.75, 3.05) is 26.7 Å². The maximum Gasteiger partial charge on any atom is 0.399 e. The average Bonchev–Trinajstić information content (AvgIpc) is 2.24. The van der Waals surface area contributed by atoms with Crippen molar-refractivity contribution in [3.63, 3.8) is 0 Å². The van der Waals surface area contributed by atoms with Crippen LogP contribution in [-0.2, 0) is 4.74 Å². The summed E-state index contributed by atoms with van der Waals surface area (Å²) in [6, 6.07) is 0. The molecule has 7 heteroatoms. The molecule has 100 valence electrons. The number of alkyl halides is 3. The van der Waals surface area contributed by atoms with Crippen molar-refractivity contribution < 1.29 is 17.9 Å². The molecule has 0 aromatic rings. The van der Waals surface area contributed by atoms with Crippen LogP contribution in [-0.4, -0.2) is 48.9 Å². The Morgan fingerprint density at radius 1 is 1.47 bits per heavy atom. The van der Waals surface area contributed by atoms with Crippen LogP contribution in [0, 0.1) is 5.92 Å². The number of methoxy groups -OCH3 is 1. The largest absolute Gasteiger partial charge is 0.399 e. The molecule has 1 fully saturated rings. The van der Waals surface area contributed by atoms with E-state index in [1.165, 1.54) is 0 Å².